The number of benzene rings is 2. The lowest BCUT2D eigenvalue weighted by molar-refractivity contribution is -0.383. The first-order valence-corrected chi connectivity index (χ1v) is 9.08. The summed E-state index contributed by atoms with van der Waals surface area (Å²) in [6.07, 6.45) is 2.38. The number of carbonyl (C=O) groups is 1. The molecule has 3 N–H and O–H groups in total. The van der Waals surface area contributed by atoms with E-state index in [1.54, 1.807) is 6.20 Å². The van der Waals surface area contributed by atoms with Crippen LogP contribution < -0.4 is 11.1 Å². The minimum absolute atomic E-state index is 0.0107. The van der Waals surface area contributed by atoms with Crippen LogP contribution in [0.2, 0.25) is 0 Å². The molecule has 0 saturated carbocycles. The molecule has 9 heteroatoms. The van der Waals surface area contributed by atoms with E-state index in [0.717, 1.165) is 21.0 Å². The number of nitrogen functional groups attached to an aromatic ring is 1. The molecule has 0 aliphatic carbocycles. The van der Waals surface area contributed by atoms with Crippen molar-refractivity contribution in [2.45, 2.75) is 6.42 Å². The molecule has 0 fully saturated rings. The first-order chi connectivity index (χ1) is 12.4. The molecule has 26 heavy (non-hydrogen) atoms. The molecule has 2 aromatic carbocycles. The number of hydrogen-bond acceptors (Lipinski definition) is 6. The summed E-state index contributed by atoms with van der Waals surface area (Å²) in [5, 5.41) is 14.0. The second kappa shape index (κ2) is 7.63. The largest absolute Gasteiger partial charge is 0.393 e. The van der Waals surface area contributed by atoms with E-state index in [1.807, 2.05) is 24.3 Å². The summed E-state index contributed by atoms with van der Waals surface area (Å²) in [6, 6.07) is 11.8. The Morgan fingerprint density at radius 3 is 2.81 bits per heavy atom. The van der Waals surface area contributed by atoms with Crippen LogP contribution in [-0.2, 0) is 6.42 Å². The Morgan fingerprint density at radius 1 is 1.31 bits per heavy atom. The number of nitro benzene ring substituents is 1. The Balaban J connectivity index is 1.73. The molecular formula is C17H13BrN4O3S. The molecule has 0 atom stereocenters. The van der Waals surface area contributed by atoms with E-state index in [4.69, 9.17) is 5.73 Å². The molecule has 0 bridgehead atoms. The SMILES string of the molecule is Nc1ccc(C(=O)Nc2ncc(Cc3ccccc3Br)s2)cc1[N+](=O)[O-]. The lowest BCUT2D eigenvalue weighted by atomic mass is 10.1. The van der Waals surface area contributed by atoms with Crippen molar-refractivity contribution in [2.75, 3.05) is 11.1 Å². The number of thiazole rings is 1. The highest BCUT2D eigenvalue weighted by Crippen LogP contribution is 2.26. The number of nitrogens with zero attached hydrogens (tertiary/aromatic N) is 2. The van der Waals surface area contributed by atoms with Gasteiger partial charge in [0.25, 0.3) is 11.6 Å². The molecule has 1 amide bonds. The fraction of sp³-hybridized carbons (Fsp3) is 0.0588. The molecule has 3 aromatic rings. The number of carbonyl (C=O) groups excluding carboxylic acids is 1. The second-order valence-electron chi connectivity index (χ2n) is 5.38. The molecule has 7 nitrogen and oxygen atoms in total. The Hall–Kier alpha value is -2.78. The molecular weight excluding hydrogens is 420 g/mol. The predicted molar refractivity (Wildman–Crippen MR) is 105 cm³/mol. The summed E-state index contributed by atoms with van der Waals surface area (Å²) in [5.41, 5.74) is 6.52. The highest BCUT2D eigenvalue weighted by molar-refractivity contribution is 9.10. The zero-order chi connectivity index (χ0) is 18.7. The molecule has 0 saturated heterocycles. The summed E-state index contributed by atoms with van der Waals surface area (Å²) in [6.45, 7) is 0. The van der Waals surface area contributed by atoms with Crippen LogP contribution in [-0.4, -0.2) is 15.8 Å². The molecule has 1 heterocycles. The number of nitrogens with two attached hydrogens (primary N) is 1. The fourth-order valence-corrected chi connectivity index (χ4v) is 3.54. The monoisotopic (exact) mass is 432 g/mol. The summed E-state index contributed by atoms with van der Waals surface area (Å²) >= 11 is 4.86. The van der Waals surface area contributed by atoms with Crippen LogP contribution in [0.1, 0.15) is 20.8 Å². The molecule has 1 aromatic heterocycles. The number of nitrogens with one attached hydrogen (secondary N) is 1. The average Bonchev–Trinajstić information content (AvgIpc) is 3.04. The molecule has 0 aliphatic heterocycles. The van der Waals surface area contributed by atoms with Crippen molar-refractivity contribution in [3.8, 4) is 0 Å². The van der Waals surface area contributed by atoms with Crippen molar-refractivity contribution < 1.29 is 9.72 Å². The van der Waals surface area contributed by atoms with E-state index in [-0.39, 0.29) is 16.9 Å². The minimum Gasteiger partial charge on any atom is -0.393 e. The third-order valence-electron chi connectivity index (χ3n) is 3.59. The van der Waals surface area contributed by atoms with Gasteiger partial charge in [-0.1, -0.05) is 34.1 Å². The van der Waals surface area contributed by atoms with Gasteiger partial charge < -0.3 is 5.73 Å². The summed E-state index contributed by atoms with van der Waals surface area (Å²) in [5.74, 6) is -0.477. The van der Waals surface area contributed by atoms with E-state index in [2.05, 4.69) is 26.2 Å². The van der Waals surface area contributed by atoms with Crippen molar-refractivity contribution in [3.63, 3.8) is 0 Å². The maximum atomic E-state index is 12.3. The number of rotatable bonds is 5. The van der Waals surface area contributed by atoms with Crippen LogP contribution in [0, 0.1) is 10.1 Å². The fourth-order valence-electron chi connectivity index (χ4n) is 2.29. The normalized spacial score (nSPS) is 10.5. The Bertz CT molecular complexity index is 990. The maximum Gasteiger partial charge on any atom is 0.292 e. The van der Waals surface area contributed by atoms with Crippen LogP contribution in [0.15, 0.2) is 53.1 Å². The Kier molecular flexibility index (Phi) is 5.29. The number of anilines is 2. The van der Waals surface area contributed by atoms with Crippen molar-refractivity contribution >= 4 is 49.7 Å². The Morgan fingerprint density at radius 2 is 2.08 bits per heavy atom. The van der Waals surface area contributed by atoms with Gasteiger partial charge in [-0.15, -0.1) is 11.3 Å². The smallest absolute Gasteiger partial charge is 0.292 e. The van der Waals surface area contributed by atoms with Gasteiger partial charge in [0.15, 0.2) is 5.13 Å². The van der Waals surface area contributed by atoms with Gasteiger partial charge in [-0.3, -0.25) is 20.2 Å². The molecule has 0 unspecified atom stereocenters. The summed E-state index contributed by atoms with van der Waals surface area (Å²) in [4.78, 5) is 27.8. The molecule has 0 spiro atoms. The van der Waals surface area contributed by atoms with Crippen LogP contribution >= 0.6 is 27.3 Å². The first-order valence-electron chi connectivity index (χ1n) is 7.47. The van der Waals surface area contributed by atoms with Crippen LogP contribution in [0.4, 0.5) is 16.5 Å². The van der Waals surface area contributed by atoms with E-state index >= 15 is 0 Å². The van der Waals surface area contributed by atoms with E-state index < -0.39 is 10.8 Å². The highest BCUT2D eigenvalue weighted by atomic mass is 79.9. The minimum atomic E-state index is -0.620. The lowest BCUT2D eigenvalue weighted by Gasteiger charge is -2.03. The van der Waals surface area contributed by atoms with E-state index in [9.17, 15) is 14.9 Å². The van der Waals surface area contributed by atoms with Gasteiger partial charge in [-0.2, -0.15) is 0 Å². The average molecular weight is 433 g/mol. The van der Waals surface area contributed by atoms with Gasteiger partial charge in [0, 0.05) is 33.6 Å². The molecule has 3 rings (SSSR count). The molecule has 132 valence electrons. The Labute approximate surface area is 161 Å². The topological polar surface area (TPSA) is 111 Å². The number of amides is 1. The second-order valence-corrected chi connectivity index (χ2v) is 7.35. The first kappa shape index (κ1) is 18.0. The van der Waals surface area contributed by atoms with Gasteiger partial charge >= 0.3 is 0 Å². The summed E-state index contributed by atoms with van der Waals surface area (Å²) in [7, 11) is 0. The van der Waals surface area contributed by atoms with Gasteiger partial charge in [0.1, 0.15) is 5.69 Å². The number of aromatic nitrogens is 1. The molecule has 0 radical (unpaired) electrons. The molecule has 0 aliphatic rings. The van der Waals surface area contributed by atoms with E-state index in [1.165, 1.54) is 23.5 Å². The maximum absolute atomic E-state index is 12.3. The van der Waals surface area contributed by atoms with Gasteiger partial charge in [-0.05, 0) is 23.8 Å². The van der Waals surface area contributed by atoms with Crippen molar-refractivity contribution in [2.24, 2.45) is 0 Å². The third kappa shape index (κ3) is 4.06. The third-order valence-corrected chi connectivity index (χ3v) is 5.27. The van der Waals surface area contributed by atoms with Gasteiger partial charge in [0.2, 0.25) is 0 Å². The van der Waals surface area contributed by atoms with Gasteiger partial charge in [-0.25, -0.2) is 4.98 Å². The van der Waals surface area contributed by atoms with Crippen molar-refractivity contribution in [3.05, 3.63) is 79.3 Å². The van der Waals surface area contributed by atoms with Crippen LogP contribution in [0.3, 0.4) is 0 Å². The lowest BCUT2D eigenvalue weighted by Crippen LogP contribution is -2.12. The highest BCUT2D eigenvalue weighted by Gasteiger charge is 2.16. The standard InChI is InChI=1S/C17H13BrN4O3S/c18-13-4-2-1-3-10(13)7-12-9-20-17(26-12)21-16(23)11-5-6-14(19)15(8-11)22(24)25/h1-6,8-9H,7,19H2,(H,20,21,23). The zero-order valence-electron chi connectivity index (χ0n) is 13.3. The van der Waals surface area contributed by atoms with Crippen molar-refractivity contribution in [1.29, 1.82) is 0 Å². The zero-order valence-corrected chi connectivity index (χ0v) is 15.7. The van der Waals surface area contributed by atoms with Gasteiger partial charge in [0.05, 0.1) is 4.92 Å². The quantitative estimate of drug-likeness (QED) is 0.355. The number of hydrogen-bond donors (Lipinski definition) is 2. The van der Waals surface area contributed by atoms with Crippen LogP contribution in [0.25, 0.3) is 0 Å². The predicted octanol–water partition coefficient (Wildman–Crippen LogP) is 4.24. The summed E-state index contributed by atoms with van der Waals surface area (Å²) < 4.78 is 1.01. The number of nitro groups is 1. The van der Waals surface area contributed by atoms with Crippen molar-refractivity contribution in [1.82, 2.24) is 4.98 Å². The van der Waals surface area contributed by atoms with E-state index in [0.29, 0.717) is 11.6 Å². The van der Waals surface area contributed by atoms with Crippen LogP contribution in [0.5, 0.6) is 0 Å². The number of halogens is 1.